The quantitative estimate of drug-likeness (QED) is 0.391. The van der Waals surface area contributed by atoms with Gasteiger partial charge >= 0.3 is 0 Å². The lowest BCUT2D eigenvalue weighted by Crippen LogP contribution is -2.52. The number of sulfone groups is 1. The number of halogens is 1. The molecule has 8 nitrogen and oxygen atoms in total. The number of amides is 1. The zero-order valence-electron chi connectivity index (χ0n) is 22.6. The first kappa shape index (κ1) is 28.0. The molecule has 39 heavy (non-hydrogen) atoms. The molecule has 1 N–H and O–H groups in total. The minimum absolute atomic E-state index is 0.0135. The Bertz CT molecular complexity index is 1440. The highest BCUT2D eigenvalue weighted by molar-refractivity contribution is 9.10. The van der Waals surface area contributed by atoms with Crippen LogP contribution in [0.15, 0.2) is 64.2 Å². The molecule has 1 saturated carbocycles. The molecule has 0 unspecified atom stereocenters. The van der Waals surface area contributed by atoms with Crippen molar-refractivity contribution in [1.82, 2.24) is 19.8 Å². The summed E-state index contributed by atoms with van der Waals surface area (Å²) < 4.78 is 27.8. The van der Waals surface area contributed by atoms with Crippen LogP contribution in [0.5, 0.6) is 0 Å². The second-order valence-electron chi connectivity index (χ2n) is 11.0. The van der Waals surface area contributed by atoms with Gasteiger partial charge in [-0.25, -0.2) is 18.4 Å². The van der Waals surface area contributed by atoms with Crippen LogP contribution in [0.1, 0.15) is 39.5 Å². The van der Waals surface area contributed by atoms with Crippen molar-refractivity contribution in [3.8, 4) is 0 Å². The minimum atomic E-state index is -3.49. The van der Waals surface area contributed by atoms with Crippen LogP contribution in [0, 0.1) is 5.92 Å². The first-order chi connectivity index (χ1) is 18.6. The van der Waals surface area contributed by atoms with Crippen molar-refractivity contribution in [3.05, 3.63) is 59.3 Å². The van der Waals surface area contributed by atoms with Crippen molar-refractivity contribution >= 4 is 48.4 Å². The van der Waals surface area contributed by atoms with E-state index in [0.717, 1.165) is 34.6 Å². The van der Waals surface area contributed by atoms with E-state index in [1.807, 2.05) is 29.2 Å². The zero-order chi connectivity index (χ0) is 27.7. The third kappa shape index (κ3) is 5.98. The van der Waals surface area contributed by atoms with Gasteiger partial charge in [0, 0.05) is 34.5 Å². The van der Waals surface area contributed by atoms with Gasteiger partial charge in [-0.15, -0.1) is 0 Å². The summed E-state index contributed by atoms with van der Waals surface area (Å²) in [5.41, 5.74) is 0.803. The standard InChI is InChI=1S/C29H36BrN5O3S/c1-19(2)34(3)22-10-12-27(20(15-22)17-39(37,38)23-7-5-4-6-8-23)35-14-13-26(29(35)36)33-28-24-16-21(30)9-11-25(24)31-18-32-28/h4-9,11,16,18-20,22,26-27H,10,12-15,17H2,1-3H3,(H,31,32,33)/t20-,22-,26+,27+/m1/s1. The Hall–Kier alpha value is -2.56. The molecule has 0 bridgehead atoms. The normalized spacial score (nSPS) is 24.2. The summed E-state index contributed by atoms with van der Waals surface area (Å²) in [5.74, 6) is 0.538. The number of rotatable bonds is 8. The van der Waals surface area contributed by atoms with Gasteiger partial charge in [0.1, 0.15) is 18.2 Å². The maximum atomic E-state index is 13.8. The van der Waals surface area contributed by atoms with E-state index in [4.69, 9.17) is 0 Å². The molecule has 5 rings (SSSR count). The summed E-state index contributed by atoms with van der Waals surface area (Å²) in [6.45, 7) is 4.93. The highest BCUT2D eigenvalue weighted by Gasteiger charge is 2.44. The molecule has 1 aromatic heterocycles. The molecule has 10 heteroatoms. The predicted molar refractivity (Wildman–Crippen MR) is 157 cm³/mol. The lowest BCUT2D eigenvalue weighted by atomic mass is 9.81. The number of hydrogen-bond acceptors (Lipinski definition) is 7. The van der Waals surface area contributed by atoms with Crippen LogP contribution in [0.2, 0.25) is 0 Å². The SMILES string of the molecule is CC(C)N(C)[C@@H]1CC[C@H](N2CC[C@H](Nc3ncnc4ccc(Br)cc34)C2=O)[C@@H](CS(=O)(=O)c2ccccc2)C1. The van der Waals surface area contributed by atoms with Crippen LogP contribution in [0.4, 0.5) is 5.82 Å². The lowest BCUT2D eigenvalue weighted by Gasteiger charge is -2.44. The first-order valence-electron chi connectivity index (χ1n) is 13.6. The fourth-order valence-corrected chi connectivity index (χ4v) is 8.13. The third-order valence-corrected chi connectivity index (χ3v) is 10.7. The van der Waals surface area contributed by atoms with E-state index in [-0.39, 0.29) is 29.7 Å². The molecule has 4 atom stereocenters. The Morgan fingerprint density at radius 2 is 1.87 bits per heavy atom. The molecule has 1 aliphatic heterocycles. The number of fused-ring (bicyclic) bond motifs is 1. The molecule has 208 valence electrons. The van der Waals surface area contributed by atoms with Crippen LogP contribution in [0.3, 0.4) is 0 Å². The van der Waals surface area contributed by atoms with Crippen molar-refractivity contribution < 1.29 is 13.2 Å². The molecule has 3 aromatic rings. The van der Waals surface area contributed by atoms with E-state index in [1.165, 1.54) is 6.33 Å². The Morgan fingerprint density at radius 1 is 1.10 bits per heavy atom. The van der Waals surface area contributed by atoms with Gasteiger partial charge in [-0.05, 0) is 82.8 Å². The third-order valence-electron chi connectivity index (χ3n) is 8.39. The number of anilines is 1. The Morgan fingerprint density at radius 3 is 2.62 bits per heavy atom. The molecular weight excluding hydrogens is 578 g/mol. The van der Waals surface area contributed by atoms with Crippen LogP contribution >= 0.6 is 15.9 Å². The average molecular weight is 615 g/mol. The zero-order valence-corrected chi connectivity index (χ0v) is 25.0. The molecule has 2 fully saturated rings. The van der Waals surface area contributed by atoms with Gasteiger partial charge in [0.2, 0.25) is 5.91 Å². The van der Waals surface area contributed by atoms with Crippen LogP contribution in [-0.4, -0.2) is 77.6 Å². The average Bonchev–Trinajstić information content (AvgIpc) is 3.28. The van der Waals surface area contributed by atoms with E-state index in [1.54, 1.807) is 24.3 Å². The molecular formula is C29H36BrN5O3S. The molecule has 0 spiro atoms. The van der Waals surface area contributed by atoms with E-state index < -0.39 is 15.9 Å². The second kappa shape index (κ2) is 11.5. The summed E-state index contributed by atoms with van der Waals surface area (Å²) in [6, 6.07) is 14.6. The summed E-state index contributed by atoms with van der Waals surface area (Å²) in [5, 5.41) is 4.22. The molecule has 2 aromatic carbocycles. The number of benzene rings is 2. The number of carbonyl (C=O) groups is 1. The number of aromatic nitrogens is 2. The topological polar surface area (TPSA) is 95.5 Å². The van der Waals surface area contributed by atoms with Gasteiger partial charge in [-0.2, -0.15) is 0 Å². The Kier molecular flexibility index (Phi) is 8.26. The van der Waals surface area contributed by atoms with E-state index >= 15 is 0 Å². The van der Waals surface area contributed by atoms with Crippen LogP contribution < -0.4 is 5.32 Å². The monoisotopic (exact) mass is 613 g/mol. The van der Waals surface area contributed by atoms with Crippen molar-refractivity contribution in [2.24, 2.45) is 5.92 Å². The van der Waals surface area contributed by atoms with E-state index in [2.05, 4.69) is 57.0 Å². The molecule has 1 aliphatic carbocycles. The van der Waals surface area contributed by atoms with Gasteiger partial charge in [0.25, 0.3) is 0 Å². The van der Waals surface area contributed by atoms with Gasteiger partial charge in [-0.1, -0.05) is 34.1 Å². The van der Waals surface area contributed by atoms with Gasteiger partial charge in [0.05, 0.1) is 16.2 Å². The van der Waals surface area contributed by atoms with Crippen LogP contribution in [0.25, 0.3) is 10.9 Å². The summed E-state index contributed by atoms with van der Waals surface area (Å²) in [7, 11) is -1.38. The van der Waals surface area contributed by atoms with Gasteiger partial charge < -0.3 is 15.1 Å². The highest BCUT2D eigenvalue weighted by Crippen LogP contribution is 2.36. The summed E-state index contributed by atoms with van der Waals surface area (Å²) >= 11 is 3.51. The Labute approximate surface area is 239 Å². The van der Waals surface area contributed by atoms with E-state index in [0.29, 0.717) is 29.7 Å². The van der Waals surface area contributed by atoms with Crippen LogP contribution in [-0.2, 0) is 14.6 Å². The van der Waals surface area contributed by atoms with Crippen molar-refractivity contribution in [2.45, 2.75) is 68.6 Å². The first-order valence-corrected chi connectivity index (χ1v) is 16.1. The van der Waals surface area contributed by atoms with Gasteiger partial charge in [-0.3, -0.25) is 4.79 Å². The number of hydrogen-bond donors (Lipinski definition) is 1. The maximum absolute atomic E-state index is 13.8. The number of nitrogens with one attached hydrogen (secondary N) is 1. The molecule has 1 saturated heterocycles. The largest absolute Gasteiger partial charge is 0.358 e. The predicted octanol–water partition coefficient (Wildman–Crippen LogP) is 4.76. The second-order valence-corrected chi connectivity index (χ2v) is 14.0. The number of nitrogens with zero attached hydrogens (tertiary/aromatic N) is 4. The van der Waals surface area contributed by atoms with Crippen molar-refractivity contribution in [1.29, 1.82) is 0 Å². The molecule has 2 aliphatic rings. The smallest absolute Gasteiger partial charge is 0.245 e. The van der Waals surface area contributed by atoms with E-state index in [9.17, 15) is 13.2 Å². The molecule has 0 radical (unpaired) electrons. The number of likely N-dealkylation sites (tertiary alicyclic amines) is 1. The fourth-order valence-electron chi connectivity index (χ4n) is 6.08. The Balaban J connectivity index is 1.37. The molecule has 1 amide bonds. The van der Waals surface area contributed by atoms with Gasteiger partial charge in [0.15, 0.2) is 9.84 Å². The van der Waals surface area contributed by atoms with Crippen molar-refractivity contribution in [2.75, 3.05) is 24.7 Å². The maximum Gasteiger partial charge on any atom is 0.245 e. The summed E-state index contributed by atoms with van der Waals surface area (Å²) in [6.07, 6.45) is 4.62. The highest BCUT2D eigenvalue weighted by atomic mass is 79.9. The molecule has 2 heterocycles. The minimum Gasteiger partial charge on any atom is -0.358 e. The summed E-state index contributed by atoms with van der Waals surface area (Å²) in [4.78, 5) is 27.2. The number of carbonyl (C=O) groups excluding carboxylic acids is 1. The fraction of sp³-hybridized carbons (Fsp3) is 0.483. The van der Waals surface area contributed by atoms with Crippen molar-refractivity contribution in [3.63, 3.8) is 0 Å². The lowest BCUT2D eigenvalue weighted by molar-refractivity contribution is -0.132.